The normalized spacial score (nSPS) is 10.6. The van der Waals surface area contributed by atoms with Crippen molar-refractivity contribution in [3.8, 4) is 28.5 Å². The Hall–Kier alpha value is -3.71. The molecule has 124 valence electrons. The summed E-state index contributed by atoms with van der Waals surface area (Å²) in [6, 6.07) is 23.9. The van der Waals surface area contributed by atoms with Crippen LogP contribution in [0.25, 0.3) is 33.2 Å². The van der Waals surface area contributed by atoms with Crippen LogP contribution in [0, 0.1) is 17.1 Å². The lowest BCUT2D eigenvalue weighted by molar-refractivity contribution is 0.628. The monoisotopic (exact) mass is 339 g/mol. The number of nitrogens with zero attached hydrogens (tertiary/aromatic N) is 2. The van der Waals surface area contributed by atoms with Crippen LogP contribution in [0.15, 0.2) is 72.8 Å². The Labute approximate surface area is 150 Å². The van der Waals surface area contributed by atoms with E-state index in [1.807, 2.05) is 48.5 Å². The molecule has 0 atom stereocenters. The molecule has 0 amide bonds. The number of nitrogens with two attached hydrogens (primary N) is 1. The fourth-order valence-corrected chi connectivity index (χ4v) is 3.13. The Morgan fingerprint density at radius 3 is 2.38 bits per heavy atom. The standard InChI is InChI=1S/C22H14FN3/c23-16-10-8-15(9-11-16)19-12-21(26-22(25)20(19)13-24)18-7-3-5-14-4-1-2-6-17(14)18/h1-12H,(H2,25,26). The van der Waals surface area contributed by atoms with Crippen LogP contribution in [-0.4, -0.2) is 4.98 Å². The van der Waals surface area contributed by atoms with E-state index in [1.54, 1.807) is 12.1 Å². The second-order valence-corrected chi connectivity index (χ2v) is 5.96. The number of nitriles is 1. The number of pyridine rings is 1. The summed E-state index contributed by atoms with van der Waals surface area (Å²) in [7, 11) is 0. The number of benzene rings is 3. The Morgan fingerprint density at radius 1 is 0.885 bits per heavy atom. The number of rotatable bonds is 2. The summed E-state index contributed by atoms with van der Waals surface area (Å²) in [6.45, 7) is 0. The molecule has 0 fully saturated rings. The van der Waals surface area contributed by atoms with Crippen molar-refractivity contribution < 1.29 is 4.39 Å². The van der Waals surface area contributed by atoms with Gasteiger partial charge in [-0.3, -0.25) is 0 Å². The smallest absolute Gasteiger partial charge is 0.142 e. The lowest BCUT2D eigenvalue weighted by Crippen LogP contribution is -2.00. The number of anilines is 1. The molecule has 3 aromatic carbocycles. The molecule has 0 saturated heterocycles. The zero-order valence-corrected chi connectivity index (χ0v) is 13.8. The summed E-state index contributed by atoms with van der Waals surface area (Å²) < 4.78 is 13.3. The highest BCUT2D eigenvalue weighted by atomic mass is 19.1. The van der Waals surface area contributed by atoms with Crippen molar-refractivity contribution in [1.82, 2.24) is 4.98 Å². The summed E-state index contributed by atoms with van der Waals surface area (Å²) in [6.07, 6.45) is 0. The minimum Gasteiger partial charge on any atom is -0.383 e. The molecule has 3 nitrogen and oxygen atoms in total. The number of hydrogen-bond acceptors (Lipinski definition) is 3. The highest BCUT2D eigenvalue weighted by Gasteiger charge is 2.14. The summed E-state index contributed by atoms with van der Waals surface area (Å²) in [5.74, 6) is -0.166. The Morgan fingerprint density at radius 2 is 1.62 bits per heavy atom. The maximum absolute atomic E-state index is 13.3. The van der Waals surface area contributed by atoms with Gasteiger partial charge in [0.1, 0.15) is 23.3 Å². The molecule has 0 spiro atoms. The van der Waals surface area contributed by atoms with Gasteiger partial charge in [0.15, 0.2) is 0 Å². The van der Waals surface area contributed by atoms with Crippen molar-refractivity contribution in [3.05, 3.63) is 84.2 Å². The molecule has 4 rings (SSSR count). The van der Waals surface area contributed by atoms with E-state index in [-0.39, 0.29) is 11.6 Å². The molecule has 2 N–H and O–H groups in total. The van der Waals surface area contributed by atoms with Gasteiger partial charge >= 0.3 is 0 Å². The van der Waals surface area contributed by atoms with Gasteiger partial charge < -0.3 is 5.73 Å². The van der Waals surface area contributed by atoms with Crippen LogP contribution < -0.4 is 5.73 Å². The van der Waals surface area contributed by atoms with Gasteiger partial charge in [0.05, 0.1) is 5.69 Å². The molecule has 1 aromatic heterocycles. The van der Waals surface area contributed by atoms with E-state index in [0.717, 1.165) is 21.9 Å². The zero-order chi connectivity index (χ0) is 18.1. The molecule has 0 aliphatic carbocycles. The van der Waals surface area contributed by atoms with Crippen LogP contribution in [0.3, 0.4) is 0 Å². The number of fused-ring (bicyclic) bond motifs is 1. The molecule has 0 saturated carbocycles. The van der Waals surface area contributed by atoms with Gasteiger partial charge in [0, 0.05) is 11.1 Å². The maximum atomic E-state index is 13.3. The van der Waals surface area contributed by atoms with Gasteiger partial charge in [0.2, 0.25) is 0 Å². The highest BCUT2D eigenvalue weighted by molar-refractivity contribution is 5.97. The molecule has 4 heteroatoms. The number of hydrogen-bond donors (Lipinski definition) is 1. The predicted octanol–water partition coefficient (Wildman–Crippen LogP) is 5.16. The summed E-state index contributed by atoms with van der Waals surface area (Å²) in [4.78, 5) is 4.45. The van der Waals surface area contributed by atoms with Gasteiger partial charge in [-0.15, -0.1) is 0 Å². The molecule has 0 aliphatic heterocycles. The van der Waals surface area contributed by atoms with E-state index < -0.39 is 0 Å². The SMILES string of the molecule is N#Cc1c(-c2ccc(F)cc2)cc(-c2cccc3ccccc23)nc1N. The fraction of sp³-hybridized carbons (Fsp3) is 0. The lowest BCUT2D eigenvalue weighted by atomic mass is 9.96. The van der Waals surface area contributed by atoms with Crippen molar-refractivity contribution in [3.63, 3.8) is 0 Å². The van der Waals surface area contributed by atoms with E-state index in [1.165, 1.54) is 12.1 Å². The van der Waals surface area contributed by atoms with Crippen molar-refractivity contribution in [2.75, 3.05) is 5.73 Å². The van der Waals surface area contributed by atoms with E-state index >= 15 is 0 Å². The van der Waals surface area contributed by atoms with Crippen LogP contribution in [0.1, 0.15) is 5.56 Å². The third-order valence-electron chi connectivity index (χ3n) is 4.38. The molecular formula is C22H14FN3. The number of nitrogen functional groups attached to an aromatic ring is 1. The average molecular weight is 339 g/mol. The quantitative estimate of drug-likeness (QED) is 0.548. The van der Waals surface area contributed by atoms with Crippen molar-refractivity contribution in [1.29, 1.82) is 5.26 Å². The highest BCUT2D eigenvalue weighted by Crippen LogP contribution is 2.34. The zero-order valence-electron chi connectivity index (χ0n) is 13.8. The van der Waals surface area contributed by atoms with Gasteiger partial charge in [-0.1, -0.05) is 54.6 Å². The first-order valence-electron chi connectivity index (χ1n) is 8.12. The molecule has 0 bridgehead atoms. The van der Waals surface area contributed by atoms with Crippen LogP contribution in [0.2, 0.25) is 0 Å². The molecule has 4 aromatic rings. The Balaban J connectivity index is 1.99. The molecule has 0 unspecified atom stereocenters. The second kappa shape index (κ2) is 6.30. The fourth-order valence-electron chi connectivity index (χ4n) is 3.13. The van der Waals surface area contributed by atoms with E-state index in [4.69, 9.17) is 5.73 Å². The third-order valence-corrected chi connectivity index (χ3v) is 4.38. The molecule has 0 aliphatic rings. The molecule has 1 heterocycles. The number of halogens is 1. The summed E-state index contributed by atoms with van der Waals surface area (Å²) in [5, 5.41) is 11.7. The second-order valence-electron chi connectivity index (χ2n) is 5.96. The van der Waals surface area contributed by atoms with Crippen LogP contribution in [0.5, 0.6) is 0 Å². The molecular weight excluding hydrogens is 325 g/mol. The van der Waals surface area contributed by atoms with Crippen LogP contribution in [-0.2, 0) is 0 Å². The van der Waals surface area contributed by atoms with Crippen LogP contribution >= 0.6 is 0 Å². The largest absolute Gasteiger partial charge is 0.383 e. The third kappa shape index (κ3) is 2.66. The summed E-state index contributed by atoms with van der Waals surface area (Å²) >= 11 is 0. The average Bonchev–Trinajstić information content (AvgIpc) is 2.67. The number of aromatic nitrogens is 1. The first-order valence-corrected chi connectivity index (χ1v) is 8.12. The minimum atomic E-state index is -0.330. The van der Waals surface area contributed by atoms with E-state index in [0.29, 0.717) is 16.8 Å². The Kier molecular flexibility index (Phi) is 3.83. The molecule has 26 heavy (non-hydrogen) atoms. The van der Waals surface area contributed by atoms with Gasteiger partial charge in [0.25, 0.3) is 0 Å². The molecule has 0 radical (unpaired) electrons. The van der Waals surface area contributed by atoms with Gasteiger partial charge in [-0.05, 0) is 34.5 Å². The van der Waals surface area contributed by atoms with Crippen LogP contribution in [0.4, 0.5) is 10.2 Å². The predicted molar refractivity (Wildman–Crippen MR) is 102 cm³/mol. The van der Waals surface area contributed by atoms with Crippen molar-refractivity contribution in [2.45, 2.75) is 0 Å². The lowest BCUT2D eigenvalue weighted by Gasteiger charge is -2.12. The topological polar surface area (TPSA) is 62.7 Å². The minimum absolute atomic E-state index is 0.164. The summed E-state index contributed by atoms with van der Waals surface area (Å²) in [5.41, 5.74) is 9.34. The van der Waals surface area contributed by atoms with E-state index in [2.05, 4.69) is 11.1 Å². The van der Waals surface area contributed by atoms with Gasteiger partial charge in [-0.2, -0.15) is 5.26 Å². The first kappa shape index (κ1) is 15.8. The van der Waals surface area contributed by atoms with Crippen molar-refractivity contribution in [2.24, 2.45) is 0 Å². The van der Waals surface area contributed by atoms with Gasteiger partial charge in [-0.25, -0.2) is 9.37 Å². The van der Waals surface area contributed by atoms with E-state index in [9.17, 15) is 9.65 Å². The first-order chi connectivity index (χ1) is 12.7. The maximum Gasteiger partial charge on any atom is 0.142 e. The Bertz CT molecular complexity index is 1150. The van der Waals surface area contributed by atoms with Crippen molar-refractivity contribution >= 4 is 16.6 Å².